The van der Waals surface area contributed by atoms with Crippen molar-refractivity contribution in [3.63, 3.8) is 0 Å². The molecule has 2 heterocycles. The number of piperidine rings is 1. The number of hydrogen-bond acceptors (Lipinski definition) is 3. The maximum Gasteiger partial charge on any atom is 0.416 e. The van der Waals surface area contributed by atoms with Crippen LogP contribution in [0.2, 0.25) is 0 Å². The Morgan fingerprint density at radius 1 is 1.08 bits per heavy atom. The van der Waals surface area contributed by atoms with Crippen LogP contribution in [0.15, 0.2) is 30.5 Å². The summed E-state index contributed by atoms with van der Waals surface area (Å²) in [7, 11) is 0. The number of pyridine rings is 1. The first-order valence-electron chi connectivity index (χ1n) is 8.46. The van der Waals surface area contributed by atoms with Gasteiger partial charge in [-0.05, 0) is 57.1 Å². The van der Waals surface area contributed by atoms with Crippen molar-refractivity contribution in [2.24, 2.45) is 0 Å². The molecule has 1 aliphatic heterocycles. The van der Waals surface area contributed by atoms with Crippen molar-refractivity contribution in [2.45, 2.75) is 31.9 Å². The van der Waals surface area contributed by atoms with E-state index in [9.17, 15) is 13.2 Å². The normalized spacial score (nSPS) is 16.5. The van der Waals surface area contributed by atoms with Crippen LogP contribution in [-0.2, 0) is 6.18 Å². The second-order valence-corrected chi connectivity index (χ2v) is 6.27. The van der Waals surface area contributed by atoms with Crippen LogP contribution in [0.1, 0.15) is 31.2 Å². The fourth-order valence-corrected chi connectivity index (χ4v) is 3.19. The summed E-state index contributed by atoms with van der Waals surface area (Å²) in [6.07, 6.45) is 2.12. The zero-order chi connectivity index (χ0) is 17.0. The van der Waals surface area contributed by atoms with Crippen molar-refractivity contribution in [1.82, 2.24) is 9.88 Å². The topological polar surface area (TPSA) is 28.2 Å². The second-order valence-electron chi connectivity index (χ2n) is 6.27. The molecule has 130 valence electrons. The van der Waals surface area contributed by atoms with E-state index in [-0.39, 0.29) is 0 Å². The van der Waals surface area contributed by atoms with E-state index in [0.717, 1.165) is 42.7 Å². The van der Waals surface area contributed by atoms with E-state index in [1.807, 2.05) is 6.07 Å². The molecule has 3 nitrogen and oxygen atoms in total. The Labute approximate surface area is 139 Å². The van der Waals surface area contributed by atoms with E-state index in [0.29, 0.717) is 5.52 Å². The van der Waals surface area contributed by atoms with Gasteiger partial charge in [0.2, 0.25) is 0 Å². The van der Waals surface area contributed by atoms with Gasteiger partial charge in [0.1, 0.15) is 0 Å². The quantitative estimate of drug-likeness (QED) is 0.812. The molecule has 1 fully saturated rings. The van der Waals surface area contributed by atoms with Gasteiger partial charge in [0, 0.05) is 23.8 Å². The third-order valence-electron chi connectivity index (χ3n) is 4.49. The monoisotopic (exact) mass is 337 g/mol. The average molecular weight is 337 g/mol. The average Bonchev–Trinajstić information content (AvgIpc) is 2.58. The predicted molar refractivity (Wildman–Crippen MR) is 90.1 cm³/mol. The van der Waals surface area contributed by atoms with Gasteiger partial charge in [-0.25, -0.2) is 0 Å². The standard InChI is InChI=1S/C18H22F3N3/c19-18(20,21)14-5-6-15-16(7-9-23-17(15)13-14)22-8-4-12-24-10-2-1-3-11-24/h5-7,9,13H,1-4,8,10-12H2,(H,22,23). The second kappa shape index (κ2) is 7.38. The molecule has 0 atom stereocenters. The highest BCUT2D eigenvalue weighted by molar-refractivity contribution is 5.91. The number of hydrogen-bond donors (Lipinski definition) is 1. The number of fused-ring (bicyclic) bond motifs is 1. The summed E-state index contributed by atoms with van der Waals surface area (Å²) in [5, 5.41) is 4.06. The smallest absolute Gasteiger partial charge is 0.384 e. The van der Waals surface area contributed by atoms with Gasteiger partial charge in [0.05, 0.1) is 11.1 Å². The lowest BCUT2D eigenvalue weighted by atomic mass is 10.1. The van der Waals surface area contributed by atoms with Crippen LogP contribution in [0.5, 0.6) is 0 Å². The van der Waals surface area contributed by atoms with Gasteiger partial charge in [0.15, 0.2) is 0 Å². The van der Waals surface area contributed by atoms with Crippen LogP contribution in [0, 0.1) is 0 Å². The molecule has 0 radical (unpaired) electrons. The molecule has 6 heteroatoms. The van der Waals surface area contributed by atoms with Gasteiger partial charge < -0.3 is 10.2 Å². The molecule has 0 saturated carbocycles. The Morgan fingerprint density at radius 2 is 1.88 bits per heavy atom. The molecule has 0 amide bonds. The molecule has 1 N–H and O–H groups in total. The molecule has 3 rings (SSSR count). The summed E-state index contributed by atoms with van der Waals surface area (Å²) in [4.78, 5) is 6.55. The Morgan fingerprint density at radius 3 is 2.62 bits per heavy atom. The minimum atomic E-state index is -4.34. The number of rotatable bonds is 5. The van der Waals surface area contributed by atoms with Crippen LogP contribution < -0.4 is 5.32 Å². The molecule has 0 bridgehead atoms. The number of benzene rings is 1. The summed E-state index contributed by atoms with van der Waals surface area (Å²) in [5.74, 6) is 0. The van der Waals surface area contributed by atoms with Gasteiger partial charge >= 0.3 is 6.18 Å². The van der Waals surface area contributed by atoms with Crippen molar-refractivity contribution in [3.8, 4) is 0 Å². The Hall–Kier alpha value is -1.82. The van der Waals surface area contributed by atoms with E-state index < -0.39 is 11.7 Å². The fourth-order valence-electron chi connectivity index (χ4n) is 3.19. The van der Waals surface area contributed by atoms with Crippen LogP contribution in [0.4, 0.5) is 18.9 Å². The summed E-state index contributed by atoms with van der Waals surface area (Å²) >= 11 is 0. The molecule has 0 spiro atoms. The molecule has 1 aromatic heterocycles. The number of anilines is 1. The molecule has 24 heavy (non-hydrogen) atoms. The first-order valence-corrected chi connectivity index (χ1v) is 8.46. The van der Waals surface area contributed by atoms with Crippen LogP contribution in [-0.4, -0.2) is 36.1 Å². The molecule has 1 saturated heterocycles. The van der Waals surface area contributed by atoms with Crippen LogP contribution >= 0.6 is 0 Å². The molecular weight excluding hydrogens is 315 g/mol. The molecule has 1 aliphatic rings. The number of alkyl halides is 3. The summed E-state index contributed by atoms with van der Waals surface area (Å²) in [5.41, 5.74) is 0.544. The molecule has 0 unspecified atom stereocenters. The Bertz CT molecular complexity index is 679. The predicted octanol–water partition coefficient (Wildman–Crippen LogP) is 4.54. The van der Waals surface area contributed by atoms with Crippen molar-refractivity contribution < 1.29 is 13.2 Å². The highest BCUT2D eigenvalue weighted by Crippen LogP contribution is 2.32. The minimum absolute atomic E-state index is 0.367. The summed E-state index contributed by atoms with van der Waals surface area (Å²) < 4.78 is 38.4. The lowest BCUT2D eigenvalue weighted by molar-refractivity contribution is -0.137. The summed E-state index contributed by atoms with van der Waals surface area (Å²) in [6, 6.07) is 5.53. The number of nitrogens with zero attached hydrogens (tertiary/aromatic N) is 2. The van der Waals surface area contributed by atoms with Crippen molar-refractivity contribution in [3.05, 3.63) is 36.0 Å². The molecule has 0 aliphatic carbocycles. The van der Waals surface area contributed by atoms with E-state index in [1.54, 1.807) is 6.20 Å². The number of aromatic nitrogens is 1. The maximum absolute atomic E-state index is 12.8. The van der Waals surface area contributed by atoms with Gasteiger partial charge in [-0.1, -0.05) is 12.5 Å². The van der Waals surface area contributed by atoms with Crippen LogP contribution in [0.3, 0.4) is 0 Å². The highest BCUT2D eigenvalue weighted by atomic mass is 19.4. The zero-order valence-electron chi connectivity index (χ0n) is 13.6. The molecule has 2 aromatic rings. The van der Waals surface area contributed by atoms with Crippen molar-refractivity contribution >= 4 is 16.6 Å². The Balaban J connectivity index is 1.62. The Kier molecular flexibility index (Phi) is 5.23. The maximum atomic E-state index is 12.8. The van der Waals surface area contributed by atoms with Crippen molar-refractivity contribution in [2.75, 3.05) is 31.5 Å². The van der Waals surface area contributed by atoms with Gasteiger partial charge in [-0.15, -0.1) is 0 Å². The van der Waals surface area contributed by atoms with Gasteiger partial charge in [-0.2, -0.15) is 13.2 Å². The number of nitrogens with one attached hydrogen (secondary N) is 1. The van der Waals surface area contributed by atoms with E-state index in [2.05, 4.69) is 15.2 Å². The first kappa shape index (κ1) is 17.0. The lowest BCUT2D eigenvalue weighted by Crippen LogP contribution is -2.31. The zero-order valence-corrected chi connectivity index (χ0v) is 13.6. The number of likely N-dealkylation sites (tertiary alicyclic amines) is 1. The first-order chi connectivity index (χ1) is 11.5. The third-order valence-corrected chi connectivity index (χ3v) is 4.49. The highest BCUT2D eigenvalue weighted by Gasteiger charge is 2.30. The third kappa shape index (κ3) is 4.17. The van der Waals surface area contributed by atoms with Crippen LogP contribution in [0.25, 0.3) is 10.9 Å². The van der Waals surface area contributed by atoms with E-state index >= 15 is 0 Å². The minimum Gasteiger partial charge on any atom is -0.384 e. The van der Waals surface area contributed by atoms with Crippen molar-refractivity contribution in [1.29, 1.82) is 0 Å². The van der Waals surface area contributed by atoms with E-state index in [1.165, 1.54) is 38.4 Å². The number of halogens is 3. The fraction of sp³-hybridized carbons (Fsp3) is 0.500. The largest absolute Gasteiger partial charge is 0.416 e. The molecule has 1 aromatic carbocycles. The van der Waals surface area contributed by atoms with Gasteiger partial charge in [-0.3, -0.25) is 4.98 Å². The lowest BCUT2D eigenvalue weighted by Gasteiger charge is -2.26. The SMILES string of the molecule is FC(F)(F)c1ccc2c(NCCCN3CCCCC3)ccnc2c1. The summed E-state index contributed by atoms with van der Waals surface area (Å²) in [6.45, 7) is 4.22. The van der Waals surface area contributed by atoms with Gasteiger partial charge in [0.25, 0.3) is 0 Å². The molecular formula is C18H22F3N3. The van der Waals surface area contributed by atoms with E-state index in [4.69, 9.17) is 0 Å².